The van der Waals surface area contributed by atoms with Crippen LogP contribution in [-0.4, -0.2) is 32.2 Å². The fourth-order valence-electron chi connectivity index (χ4n) is 1.86. The number of carbonyl (C=O) groups is 1. The molecule has 1 amide bonds. The number of hydrogen-bond donors (Lipinski definition) is 2. The summed E-state index contributed by atoms with van der Waals surface area (Å²) in [6, 6.07) is 3.30. The molecule has 118 valence electrons. The molecule has 2 rings (SSSR count). The molecule has 0 aliphatic rings. The summed E-state index contributed by atoms with van der Waals surface area (Å²) in [5.74, 6) is 1.04. The number of methoxy groups -OCH3 is 3. The van der Waals surface area contributed by atoms with Crippen LogP contribution in [0.3, 0.4) is 0 Å². The molecule has 0 saturated carbocycles. The molecular weight excluding hydrogens is 306 g/mol. The van der Waals surface area contributed by atoms with Gasteiger partial charge >= 0.3 is 0 Å². The standard InChI is InChI=1S/C14H17N3O4S/c1-19-10-4-8(5-11(20-2)13(10)21-3)16-14(18)9-7-22-12(6-15)17-9/h4-5,7H,6,15H2,1-3H3,(H,16,18). The van der Waals surface area contributed by atoms with Crippen LogP contribution < -0.4 is 25.3 Å². The molecule has 0 spiro atoms. The van der Waals surface area contributed by atoms with E-state index in [2.05, 4.69) is 10.3 Å². The highest BCUT2D eigenvalue weighted by molar-refractivity contribution is 7.09. The van der Waals surface area contributed by atoms with E-state index in [-0.39, 0.29) is 5.91 Å². The van der Waals surface area contributed by atoms with E-state index < -0.39 is 0 Å². The van der Waals surface area contributed by atoms with Crippen molar-refractivity contribution in [3.8, 4) is 17.2 Å². The van der Waals surface area contributed by atoms with Crippen molar-refractivity contribution in [2.45, 2.75) is 6.54 Å². The minimum Gasteiger partial charge on any atom is -0.493 e. The van der Waals surface area contributed by atoms with Gasteiger partial charge in [0.15, 0.2) is 11.5 Å². The summed E-state index contributed by atoms with van der Waals surface area (Å²) in [4.78, 5) is 16.3. The SMILES string of the molecule is COc1cc(NC(=O)c2csc(CN)n2)cc(OC)c1OC. The lowest BCUT2D eigenvalue weighted by molar-refractivity contribution is 0.102. The van der Waals surface area contributed by atoms with Gasteiger partial charge in [-0.3, -0.25) is 4.79 Å². The van der Waals surface area contributed by atoms with E-state index >= 15 is 0 Å². The van der Waals surface area contributed by atoms with Crippen LogP contribution in [0.5, 0.6) is 17.2 Å². The van der Waals surface area contributed by atoms with Gasteiger partial charge in [0.05, 0.1) is 21.3 Å². The summed E-state index contributed by atoms with van der Waals surface area (Å²) in [5, 5.41) is 5.11. The minimum absolute atomic E-state index is 0.308. The average molecular weight is 323 g/mol. The predicted molar refractivity (Wildman–Crippen MR) is 84.1 cm³/mol. The van der Waals surface area contributed by atoms with Crippen molar-refractivity contribution in [3.63, 3.8) is 0 Å². The monoisotopic (exact) mass is 323 g/mol. The zero-order valence-electron chi connectivity index (χ0n) is 12.5. The van der Waals surface area contributed by atoms with Gasteiger partial charge in [-0.15, -0.1) is 11.3 Å². The summed E-state index contributed by atoms with van der Waals surface area (Å²) in [6.07, 6.45) is 0. The second kappa shape index (κ2) is 7.10. The van der Waals surface area contributed by atoms with Crippen LogP contribution in [0.2, 0.25) is 0 Å². The first-order chi connectivity index (χ1) is 10.6. The van der Waals surface area contributed by atoms with Crippen LogP contribution in [-0.2, 0) is 6.54 Å². The van der Waals surface area contributed by atoms with Crippen LogP contribution >= 0.6 is 11.3 Å². The third-order valence-corrected chi connectivity index (χ3v) is 3.75. The number of nitrogens with zero attached hydrogens (tertiary/aromatic N) is 1. The van der Waals surface area contributed by atoms with E-state index in [1.54, 1.807) is 17.5 Å². The number of nitrogens with two attached hydrogens (primary N) is 1. The zero-order valence-corrected chi connectivity index (χ0v) is 13.3. The van der Waals surface area contributed by atoms with Gasteiger partial charge < -0.3 is 25.3 Å². The molecule has 0 bridgehead atoms. The molecule has 1 aromatic carbocycles. The van der Waals surface area contributed by atoms with Gasteiger partial charge in [0, 0.05) is 29.7 Å². The topological polar surface area (TPSA) is 95.7 Å². The molecular formula is C14H17N3O4S. The van der Waals surface area contributed by atoms with Gasteiger partial charge in [0.25, 0.3) is 5.91 Å². The Labute approximate surface area is 132 Å². The van der Waals surface area contributed by atoms with Crippen molar-refractivity contribution in [3.05, 3.63) is 28.2 Å². The first kappa shape index (κ1) is 16.1. The maximum absolute atomic E-state index is 12.2. The molecule has 0 fully saturated rings. The lowest BCUT2D eigenvalue weighted by Crippen LogP contribution is -2.13. The molecule has 0 aliphatic carbocycles. The van der Waals surface area contributed by atoms with E-state index in [4.69, 9.17) is 19.9 Å². The van der Waals surface area contributed by atoms with Crippen molar-refractivity contribution in [2.75, 3.05) is 26.6 Å². The molecule has 1 heterocycles. The van der Waals surface area contributed by atoms with Crippen molar-refractivity contribution in [1.82, 2.24) is 4.98 Å². The summed E-state index contributed by atoms with van der Waals surface area (Å²) >= 11 is 1.34. The van der Waals surface area contributed by atoms with E-state index in [0.717, 1.165) is 0 Å². The summed E-state index contributed by atoms with van der Waals surface area (Å²) in [6.45, 7) is 0.308. The number of carbonyl (C=O) groups excluding carboxylic acids is 1. The molecule has 1 aromatic heterocycles. The first-order valence-corrected chi connectivity index (χ1v) is 7.26. The zero-order chi connectivity index (χ0) is 16.1. The third kappa shape index (κ3) is 3.29. The van der Waals surface area contributed by atoms with Gasteiger partial charge in [-0.05, 0) is 0 Å². The number of aromatic nitrogens is 1. The number of amides is 1. The number of hydrogen-bond acceptors (Lipinski definition) is 7. The second-order valence-electron chi connectivity index (χ2n) is 4.20. The number of ether oxygens (including phenoxy) is 3. The van der Waals surface area contributed by atoms with E-state index in [1.165, 1.54) is 32.7 Å². The van der Waals surface area contributed by atoms with Crippen LogP contribution in [0.15, 0.2) is 17.5 Å². The smallest absolute Gasteiger partial charge is 0.275 e. The van der Waals surface area contributed by atoms with Gasteiger partial charge in [0.2, 0.25) is 5.75 Å². The maximum atomic E-state index is 12.2. The molecule has 3 N–H and O–H groups in total. The highest BCUT2D eigenvalue weighted by Gasteiger charge is 2.16. The Bertz CT molecular complexity index is 647. The van der Waals surface area contributed by atoms with Crippen LogP contribution in [0.25, 0.3) is 0 Å². The summed E-state index contributed by atoms with van der Waals surface area (Å²) in [5.41, 5.74) is 6.33. The molecule has 0 atom stereocenters. The highest BCUT2D eigenvalue weighted by Crippen LogP contribution is 2.40. The molecule has 0 unspecified atom stereocenters. The Morgan fingerprint density at radius 1 is 1.23 bits per heavy atom. The fraction of sp³-hybridized carbons (Fsp3) is 0.286. The van der Waals surface area contributed by atoms with Gasteiger partial charge in [0.1, 0.15) is 10.7 Å². The summed E-state index contributed by atoms with van der Waals surface area (Å²) < 4.78 is 15.7. The molecule has 22 heavy (non-hydrogen) atoms. The Balaban J connectivity index is 2.27. The van der Waals surface area contributed by atoms with Crippen molar-refractivity contribution in [2.24, 2.45) is 5.73 Å². The number of benzene rings is 1. The van der Waals surface area contributed by atoms with Gasteiger partial charge in [-0.25, -0.2) is 4.98 Å². The third-order valence-electron chi connectivity index (χ3n) is 2.88. The van der Waals surface area contributed by atoms with Crippen molar-refractivity contribution < 1.29 is 19.0 Å². The molecule has 0 aliphatic heterocycles. The van der Waals surface area contributed by atoms with E-state index in [1.807, 2.05) is 0 Å². The molecule has 0 saturated heterocycles. The van der Waals surface area contributed by atoms with Crippen LogP contribution in [0, 0.1) is 0 Å². The lowest BCUT2D eigenvalue weighted by Gasteiger charge is -2.14. The molecule has 8 heteroatoms. The fourth-order valence-corrected chi connectivity index (χ4v) is 2.51. The first-order valence-electron chi connectivity index (χ1n) is 6.38. The normalized spacial score (nSPS) is 10.2. The average Bonchev–Trinajstić information content (AvgIpc) is 3.03. The largest absolute Gasteiger partial charge is 0.493 e. The van der Waals surface area contributed by atoms with Crippen molar-refractivity contribution >= 4 is 22.9 Å². The summed E-state index contributed by atoms with van der Waals surface area (Å²) in [7, 11) is 4.54. The molecule has 0 radical (unpaired) electrons. The number of nitrogens with one attached hydrogen (secondary N) is 1. The lowest BCUT2D eigenvalue weighted by atomic mass is 10.2. The Hall–Kier alpha value is -2.32. The molecule has 7 nitrogen and oxygen atoms in total. The van der Waals surface area contributed by atoms with Gasteiger partial charge in [-0.2, -0.15) is 0 Å². The molecule has 2 aromatic rings. The van der Waals surface area contributed by atoms with Crippen molar-refractivity contribution in [1.29, 1.82) is 0 Å². The number of anilines is 1. The highest BCUT2D eigenvalue weighted by atomic mass is 32.1. The van der Waals surface area contributed by atoms with Crippen LogP contribution in [0.1, 0.15) is 15.5 Å². The van der Waals surface area contributed by atoms with Crippen LogP contribution in [0.4, 0.5) is 5.69 Å². The number of rotatable bonds is 6. The second-order valence-corrected chi connectivity index (χ2v) is 5.14. The maximum Gasteiger partial charge on any atom is 0.275 e. The van der Waals surface area contributed by atoms with E-state index in [9.17, 15) is 4.79 Å². The van der Waals surface area contributed by atoms with Gasteiger partial charge in [-0.1, -0.05) is 0 Å². The Kier molecular flexibility index (Phi) is 5.18. The predicted octanol–water partition coefficient (Wildman–Crippen LogP) is 1.88. The quantitative estimate of drug-likeness (QED) is 0.842. The van der Waals surface area contributed by atoms with E-state index in [0.29, 0.717) is 40.2 Å². The Morgan fingerprint density at radius 2 is 1.86 bits per heavy atom. The Morgan fingerprint density at radius 3 is 2.32 bits per heavy atom. The minimum atomic E-state index is -0.328. The number of thiazole rings is 1.